The zero-order valence-corrected chi connectivity index (χ0v) is 6.78. The minimum absolute atomic E-state index is 0.425. The lowest BCUT2D eigenvalue weighted by Crippen LogP contribution is -2.47. The molecule has 0 aromatic heterocycles. The molecule has 3 N–H and O–H groups in total. The van der Waals surface area contributed by atoms with Crippen LogP contribution in [0.5, 0.6) is 0 Å². The van der Waals surface area contributed by atoms with Crippen molar-refractivity contribution < 1.29 is 14.7 Å². The Bertz CT molecular complexity index is 129. The average molecular weight is 162 g/mol. The van der Waals surface area contributed by atoms with E-state index in [4.69, 9.17) is 15.7 Å². The van der Waals surface area contributed by atoms with E-state index in [1.165, 1.54) is 5.06 Å². The number of carboxylic acid groups (broad SMARTS) is 1. The lowest BCUT2D eigenvalue weighted by molar-refractivity contribution is -0.193. The van der Waals surface area contributed by atoms with Gasteiger partial charge < -0.3 is 10.8 Å². The highest BCUT2D eigenvalue weighted by Crippen LogP contribution is 1.94. The Balaban J connectivity index is 3.91. The number of rotatable bonds is 5. The van der Waals surface area contributed by atoms with E-state index in [0.29, 0.717) is 13.2 Å². The third kappa shape index (κ3) is 3.31. The number of nitrogens with two attached hydrogens (primary N) is 1. The Morgan fingerprint density at radius 3 is 2.55 bits per heavy atom. The molecule has 0 aromatic carbocycles. The summed E-state index contributed by atoms with van der Waals surface area (Å²) in [4.78, 5) is 15.3. The molecule has 11 heavy (non-hydrogen) atoms. The van der Waals surface area contributed by atoms with Gasteiger partial charge in [-0.3, -0.25) is 4.84 Å². The number of carboxylic acids is 1. The fraction of sp³-hybridized carbons (Fsp3) is 0.833. The number of nitrogens with zero attached hydrogens (tertiary/aromatic N) is 1. The molecule has 66 valence electrons. The minimum atomic E-state index is -1.08. The van der Waals surface area contributed by atoms with Crippen LogP contribution in [0.3, 0.4) is 0 Å². The summed E-state index contributed by atoms with van der Waals surface area (Å²) >= 11 is 0. The van der Waals surface area contributed by atoms with Gasteiger partial charge in [-0.1, -0.05) is 0 Å². The van der Waals surface area contributed by atoms with Crippen LogP contribution < -0.4 is 5.73 Å². The average Bonchev–Trinajstić information content (AvgIpc) is 1.98. The molecule has 0 radical (unpaired) electrons. The Kier molecular flexibility index (Phi) is 4.76. The van der Waals surface area contributed by atoms with Gasteiger partial charge in [0.2, 0.25) is 0 Å². The Hall–Kier alpha value is -0.650. The van der Waals surface area contributed by atoms with Gasteiger partial charge in [0.05, 0.1) is 6.61 Å². The van der Waals surface area contributed by atoms with Crippen molar-refractivity contribution in [2.75, 3.05) is 13.2 Å². The topological polar surface area (TPSA) is 75.8 Å². The fourth-order valence-electron chi connectivity index (χ4n) is 0.657. The minimum Gasteiger partial charge on any atom is -0.479 e. The molecular weight excluding hydrogens is 148 g/mol. The zero-order valence-electron chi connectivity index (χ0n) is 6.78. The maximum Gasteiger partial charge on any atom is 0.337 e. The van der Waals surface area contributed by atoms with E-state index in [0.717, 1.165) is 0 Å². The summed E-state index contributed by atoms with van der Waals surface area (Å²) in [5.74, 6) is -1.08. The lowest BCUT2D eigenvalue weighted by Gasteiger charge is -2.22. The summed E-state index contributed by atoms with van der Waals surface area (Å²) in [6.07, 6.45) is -1.07. The summed E-state index contributed by atoms with van der Waals surface area (Å²) in [7, 11) is 0. The number of likely N-dealkylation sites (N-methyl/N-ethyl adjacent to an activating group) is 1. The lowest BCUT2D eigenvalue weighted by atomic mass is 10.5. The van der Waals surface area contributed by atoms with Crippen molar-refractivity contribution in [1.82, 2.24) is 5.06 Å². The molecule has 0 heterocycles. The molecule has 1 atom stereocenters. The highest BCUT2D eigenvalue weighted by atomic mass is 16.7. The first-order chi connectivity index (χ1) is 5.13. The molecule has 0 aliphatic heterocycles. The van der Waals surface area contributed by atoms with Gasteiger partial charge in [0.25, 0.3) is 0 Å². The fourth-order valence-corrected chi connectivity index (χ4v) is 0.657. The monoisotopic (exact) mass is 162 g/mol. The number of hydrogen-bond acceptors (Lipinski definition) is 4. The summed E-state index contributed by atoms with van der Waals surface area (Å²) < 4.78 is 0. The second-order valence-corrected chi connectivity index (χ2v) is 1.93. The van der Waals surface area contributed by atoms with Crippen LogP contribution in [0, 0.1) is 0 Å². The van der Waals surface area contributed by atoms with Crippen LogP contribution in [0.2, 0.25) is 0 Å². The maximum absolute atomic E-state index is 10.3. The van der Waals surface area contributed by atoms with Crippen LogP contribution in [0.25, 0.3) is 0 Å². The molecule has 0 saturated heterocycles. The first-order valence-corrected chi connectivity index (χ1v) is 3.51. The maximum atomic E-state index is 10.3. The van der Waals surface area contributed by atoms with Gasteiger partial charge in [0, 0.05) is 6.54 Å². The second-order valence-electron chi connectivity index (χ2n) is 1.93. The molecule has 0 fully saturated rings. The quantitative estimate of drug-likeness (QED) is 0.426. The van der Waals surface area contributed by atoms with E-state index in [-0.39, 0.29) is 0 Å². The van der Waals surface area contributed by atoms with E-state index in [1.807, 2.05) is 0 Å². The second kappa shape index (κ2) is 5.06. The SMILES string of the molecule is CCON(CC)C(N)C(=O)O. The number of aliphatic carboxylic acids is 1. The van der Waals surface area contributed by atoms with Crippen molar-refractivity contribution in [1.29, 1.82) is 0 Å². The van der Waals surface area contributed by atoms with Crippen molar-refractivity contribution in [3.63, 3.8) is 0 Å². The van der Waals surface area contributed by atoms with Crippen molar-refractivity contribution in [3.05, 3.63) is 0 Å². The highest BCUT2D eigenvalue weighted by Gasteiger charge is 2.19. The van der Waals surface area contributed by atoms with Gasteiger partial charge in [-0.2, -0.15) is 5.06 Å². The van der Waals surface area contributed by atoms with Crippen LogP contribution in [0.4, 0.5) is 0 Å². The molecule has 0 amide bonds. The Morgan fingerprint density at radius 2 is 2.27 bits per heavy atom. The van der Waals surface area contributed by atoms with Gasteiger partial charge in [-0.15, -0.1) is 0 Å². The molecule has 0 saturated carbocycles. The third-order valence-corrected chi connectivity index (χ3v) is 1.17. The molecule has 5 nitrogen and oxygen atoms in total. The van der Waals surface area contributed by atoms with Crippen LogP contribution in [-0.2, 0) is 9.63 Å². The normalized spacial score (nSPS) is 13.5. The van der Waals surface area contributed by atoms with Gasteiger partial charge in [-0.25, -0.2) is 4.79 Å². The standard InChI is InChI=1S/C6H14N2O3/c1-3-8(11-4-2)5(7)6(9)10/h5H,3-4,7H2,1-2H3,(H,9,10). The van der Waals surface area contributed by atoms with Gasteiger partial charge in [0.15, 0.2) is 6.17 Å². The predicted molar refractivity (Wildman–Crippen MR) is 39.6 cm³/mol. The van der Waals surface area contributed by atoms with E-state index < -0.39 is 12.1 Å². The molecular formula is C6H14N2O3. The van der Waals surface area contributed by atoms with Gasteiger partial charge in [-0.05, 0) is 13.8 Å². The molecule has 0 bridgehead atoms. The number of carbonyl (C=O) groups is 1. The first kappa shape index (κ1) is 10.3. The van der Waals surface area contributed by atoms with Crippen LogP contribution in [-0.4, -0.2) is 35.5 Å². The molecule has 0 aliphatic rings. The first-order valence-electron chi connectivity index (χ1n) is 3.51. The molecule has 0 rings (SSSR count). The molecule has 0 aliphatic carbocycles. The van der Waals surface area contributed by atoms with E-state index in [9.17, 15) is 4.79 Å². The number of hydroxylamine groups is 2. The van der Waals surface area contributed by atoms with Gasteiger partial charge in [0.1, 0.15) is 0 Å². The molecule has 0 spiro atoms. The van der Waals surface area contributed by atoms with Crippen LogP contribution in [0.1, 0.15) is 13.8 Å². The van der Waals surface area contributed by atoms with Crippen LogP contribution >= 0.6 is 0 Å². The van der Waals surface area contributed by atoms with E-state index >= 15 is 0 Å². The summed E-state index contributed by atoms with van der Waals surface area (Å²) in [5, 5.41) is 9.69. The zero-order chi connectivity index (χ0) is 8.85. The van der Waals surface area contributed by atoms with Crippen molar-refractivity contribution in [2.45, 2.75) is 20.0 Å². The number of hydrogen-bond donors (Lipinski definition) is 2. The summed E-state index contributed by atoms with van der Waals surface area (Å²) in [6.45, 7) is 4.44. The molecule has 1 unspecified atom stereocenters. The summed E-state index contributed by atoms with van der Waals surface area (Å²) in [6, 6.07) is 0. The Morgan fingerprint density at radius 1 is 1.73 bits per heavy atom. The van der Waals surface area contributed by atoms with Crippen LogP contribution in [0.15, 0.2) is 0 Å². The summed E-state index contributed by atoms with van der Waals surface area (Å²) in [5.41, 5.74) is 5.26. The smallest absolute Gasteiger partial charge is 0.337 e. The predicted octanol–water partition coefficient (Wildman–Crippen LogP) is -0.371. The Labute approximate surface area is 65.7 Å². The third-order valence-electron chi connectivity index (χ3n) is 1.17. The van der Waals surface area contributed by atoms with Crippen molar-refractivity contribution in [3.8, 4) is 0 Å². The molecule has 0 aromatic rings. The van der Waals surface area contributed by atoms with Crippen molar-refractivity contribution in [2.24, 2.45) is 5.73 Å². The molecule has 5 heteroatoms. The van der Waals surface area contributed by atoms with E-state index in [1.54, 1.807) is 13.8 Å². The largest absolute Gasteiger partial charge is 0.479 e. The van der Waals surface area contributed by atoms with E-state index in [2.05, 4.69) is 0 Å². The highest BCUT2D eigenvalue weighted by molar-refractivity contribution is 5.72. The van der Waals surface area contributed by atoms with Gasteiger partial charge >= 0.3 is 5.97 Å². The van der Waals surface area contributed by atoms with Crippen molar-refractivity contribution >= 4 is 5.97 Å².